The van der Waals surface area contributed by atoms with E-state index in [0.717, 1.165) is 83.1 Å². The summed E-state index contributed by atoms with van der Waals surface area (Å²) in [6, 6.07) is 10.7. The van der Waals surface area contributed by atoms with E-state index >= 15 is 4.39 Å². The first-order chi connectivity index (χ1) is 21.9. The zero-order chi connectivity index (χ0) is 30.9. The largest absolute Gasteiger partial charge is 0.457 e. The molecule has 1 aliphatic carbocycles. The van der Waals surface area contributed by atoms with Gasteiger partial charge in [-0.3, -0.25) is 14.4 Å². The predicted molar refractivity (Wildman–Crippen MR) is 168 cm³/mol. The Hall–Kier alpha value is -3.76. The molecular formula is C35H41FN4O5. The van der Waals surface area contributed by atoms with Gasteiger partial charge in [0.15, 0.2) is 0 Å². The lowest BCUT2D eigenvalue weighted by Crippen LogP contribution is -2.49. The molecule has 0 radical (unpaired) electrons. The predicted octanol–water partition coefficient (Wildman–Crippen LogP) is 5.15. The number of carbonyl (C=O) groups is 2. The molecule has 2 aromatic carbocycles. The van der Waals surface area contributed by atoms with Crippen molar-refractivity contribution in [3.8, 4) is 11.5 Å². The second-order valence-electron chi connectivity index (χ2n) is 12.9. The number of ether oxygens (including phenoxy) is 2. The van der Waals surface area contributed by atoms with Crippen molar-refractivity contribution in [3.05, 3.63) is 69.9 Å². The highest BCUT2D eigenvalue weighted by Crippen LogP contribution is 2.33. The number of benzene rings is 2. The van der Waals surface area contributed by atoms with Crippen LogP contribution in [0.15, 0.2) is 47.4 Å². The summed E-state index contributed by atoms with van der Waals surface area (Å²) in [5.74, 6) is -0.311. The molecule has 9 nitrogen and oxygen atoms in total. The first-order valence-corrected chi connectivity index (χ1v) is 16.5. The van der Waals surface area contributed by atoms with Gasteiger partial charge >= 0.3 is 0 Å². The average Bonchev–Trinajstić information content (AvgIpc) is 3.43. The molecule has 0 unspecified atom stereocenters. The molecule has 0 spiro atoms. The van der Waals surface area contributed by atoms with Gasteiger partial charge in [-0.25, -0.2) is 4.39 Å². The molecule has 45 heavy (non-hydrogen) atoms. The van der Waals surface area contributed by atoms with E-state index in [1.165, 1.54) is 12.1 Å². The van der Waals surface area contributed by atoms with Gasteiger partial charge in [-0.05, 0) is 93.2 Å². The van der Waals surface area contributed by atoms with Gasteiger partial charge < -0.3 is 29.2 Å². The molecule has 238 valence electrons. The van der Waals surface area contributed by atoms with Crippen molar-refractivity contribution in [2.45, 2.75) is 82.5 Å². The molecule has 3 aliphatic heterocycles. The lowest BCUT2D eigenvalue weighted by Gasteiger charge is -2.39. The van der Waals surface area contributed by atoms with E-state index in [9.17, 15) is 14.4 Å². The zero-order valence-corrected chi connectivity index (χ0v) is 25.6. The van der Waals surface area contributed by atoms with Gasteiger partial charge in [-0.2, -0.15) is 0 Å². The summed E-state index contributed by atoms with van der Waals surface area (Å²) < 4.78 is 29.2. The summed E-state index contributed by atoms with van der Waals surface area (Å²) in [4.78, 5) is 43.1. The van der Waals surface area contributed by atoms with E-state index in [1.807, 2.05) is 16.8 Å². The maximum absolute atomic E-state index is 15.6. The Bertz CT molecular complexity index is 1640. The number of rotatable bonds is 8. The third-order valence-corrected chi connectivity index (χ3v) is 10.1. The van der Waals surface area contributed by atoms with Crippen molar-refractivity contribution in [1.29, 1.82) is 0 Å². The number of fused-ring (bicyclic) bond motifs is 1. The quantitative estimate of drug-likeness (QED) is 0.376. The standard InChI is InChI=1S/C35H41FN4O5/c36-31-20-24(22-39-13-2-5-33(39)41)32(45-28-6-7-29-23(19-28)8-16-40(35(29)43)27-3-1-4-27)21-30(31)34(42)37-25-9-14-38(15-10-25)26-11-17-44-18-12-26/h6-8,16,19-21,25-27H,1-5,9-15,17-18,22H2,(H,37,42). The number of likely N-dealkylation sites (tertiary alicyclic amines) is 2. The van der Waals surface area contributed by atoms with Crippen LogP contribution in [0, 0.1) is 5.82 Å². The SMILES string of the molecule is O=C(NC1CCN(C2CCOCC2)CC1)c1cc(Oc2ccc3c(=O)n(C4CCC4)ccc3c2)c(CN2CCCC2=O)cc1F. The smallest absolute Gasteiger partial charge is 0.258 e. The van der Waals surface area contributed by atoms with Crippen LogP contribution in [0.5, 0.6) is 11.5 Å². The third-order valence-electron chi connectivity index (χ3n) is 10.1. The molecule has 4 fully saturated rings. The van der Waals surface area contributed by atoms with Gasteiger partial charge in [0.05, 0.1) is 5.56 Å². The highest BCUT2D eigenvalue weighted by atomic mass is 19.1. The number of pyridine rings is 1. The Morgan fingerprint density at radius 1 is 0.933 bits per heavy atom. The summed E-state index contributed by atoms with van der Waals surface area (Å²) in [6.45, 7) is 4.17. The van der Waals surface area contributed by atoms with E-state index in [4.69, 9.17) is 9.47 Å². The number of piperidine rings is 1. The number of hydrogen-bond donors (Lipinski definition) is 1. The summed E-state index contributed by atoms with van der Waals surface area (Å²) in [7, 11) is 0. The van der Waals surface area contributed by atoms with Crippen LogP contribution in [-0.4, -0.2) is 71.1 Å². The Balaban J connectivity index is 1.11. The van der Waals surface area contributed by atoms with Crippen LogP contribution in [0.1, 0.15) is 79.8 Å². The lowest BCUT2D eigenvalue weighted by molar-refractivity contribution is -0.128. The first kappa shape index (κ1) is 29.9. The van der Waals surface area contributed by atoms with Gasteiger partial charge in [0.2, 0.25) is 5.91 Å². The second kappa shape index (κ2) is 12.9. The van der Waals surface area contributed by atoms with Crippen LogP contribution in [0.25, 0.3) is 10.8 Å². The molecule has 4 aliphatic rings. The van der Waals surface area contributed by atoms with Gasteiger partial charge in [-0.15, -0.1) is 0 Å². The molecular weight excluding hydrogens is 575 g/mol. The number of nitrogens with one attached hydrogen (secondary N) is 1. The highest BCUT2D eigenvalue weighted by molar-refractivity contribution is 5.95. The monoisotopic (exact) mass is 616 g/mol. The molecule has 10 heteroatoms. The summed E-state index contributed by atoms with van der Waals surface area (Å²) in [5, 5.41) is 4.42. The summed E-state index contributed by atoms with van der Waals surface area (Å²) in [6.07, 6.45) is 9.94. The Morgan fingerprint density at radius 3 is 2.44 bits per heavy atom. The number of hydrogen-bond acceptors (Lipinski definition) is 6. The van der Waals surface area contributed by atoms with E-state index in [1.54, 1.807) is 23.1 Å². The normalized spacial score (nSPS) is 20.5. The van der Waals surface area contributed by atoms with E-state index in [2.05, 4.69) is 10.2 Å². The molecule has 0 atom stereocenters. The number of nitrogens with zero attached hydrogens (tertiary/aromatic N) is 3. The molecule has 1 aromatic heterocycles. The molecule has 7 rings (SSSR count). The number of halogens is 1. The Morgan fingerprint density at radius 2 is 1.73 bits per heavy atom. The third kappa shape index (κ3) is 6.35. The molecule has 1 saturated carbocycles. The van der Waals surface area contributed by atoms with Gasteiger partial charge in [0.25, 0.3) is 11.5 Å². The molecule has 2 amide bonds. The van der Waals surface area contributed by atoms with Crippen molar-refractivity contribution in [2.24, 2.45) is 0 Å². The van der Waals surface area contributed by atoms with Crippen molar-refractivity contribution in [2.75, 3.05) is 32.8 Å². The van der Waals surface area contributed by atoms with Gasteiger partial charge in [0, 0.05) is 81.1 Å². The van der Waals surface area contributed by atoms with Crippen LogP contribution in [0.2, 0.25) is 0 Å². The fraction of sp³-hybridized carbons (Fsp3) is 0.514. The Labute approximate surface area is 262 Å². The fourth-order valence-electron chi connectivity index (χ4n) is 7.17. The number of amides is 2. The van der Waals surface area contributed by atoms with Crippen molar-refractivity contribution < 1.29 is 23.5 Å². The highest BCUT2D eigenvalue weighted by Gasteiger charge is 2.29. The fourth-order valence-corrected chi connectivity index (χ4v) is 7.17. The Kier molecular flexibility index (Phi) is 8.59. The molecule has 1 N–H and O–H groups in total. The van der Waals surface area contributed by atoms with Crippen molar-refractivity contribution >= 4 is 22.6 Å². The van der Waals surface area contributed by atoms with Crippen molar-refractivity contribution in [3.63, 3.8) is 0 Å². The van der Waals surface area contributed by atoms with Crippen LogP contribution in [0.3, 0.4) is 0 Å². The van der Waals surface area contributed by atoms with E-state index in [0.29, 0.717) is 41.5 Å². The summed E-state index contributed by atoms with van der Waals surface area (Å²) in [5.41, 5.74) is 0.387. The maximum atomic E-state index is 15.6. The molecule has 3 aromatic rings. The maximum Gasteiger partial charge on any atom is 0.258 e. The number of aromatic nitrogens is 1. The van der Waals surface area contributed by atoms with Gasteiger partial charge in [0.1, 0.15) is 17.3 Å². The van der Waals surface area contributed by atoms with Crippen LogP contribution >= 0.6 is 0 Å². The first-order valence-electron chi connectivity index (χ1n) is 16.5. The minimum Gasteiger partial charge on any atom is -0.457 e. The van der Waals surface area contributed by atoms with Crippen LogP contribution in [0.4, 0.5) is 4.39 Å². The van der Waals surface area contributed by atoms with Crippen molar-refractivity contribution in [1.82, 2.24) is 19.7 Å². The summed E-state index contributed by atoms with van der Waals surface area (Å²) >= 11 is 0. The second-order valence-corrected chi connectivity index (χ2v) is 12.9. The van der Waals surface area contributed by atoms with Gasteiger partial charge in [-0.1, -0.05) is 0 Å². The lowest BCUT2D eigenvalue weighted by atomic mass is 9.92. The molecule has 3 saturated heterocycles. The van der Waals surface area contributed by atoms with E-state index in [-0.39, 0.29) is 35.7 Å². The average molecular weight is 617 g/mol. The van der Waals surface area contributed by atoms with E-state index < -0.39 is 11.7 Å². The molecule has 0 bridgehead atoms. The minimum absolute atomic E-state index is 0.0173. The topological polar surface area (TPSA) is 93.1 Å². The molecule has 4 heterocycles. The van der Waals surface area contributed by atoms with Crippen LogP contribution < -0.4 is 15.6 Å². The number of carbonyl (C=O) groups excluding carboxylic acids is 2. The van der Waals surface area contributed by atoms with Crippen LogP contribution in [-0.2, 0) is 16.1 Å². The minimum atomic E-state index is -0.642. The zero-order valence-electron chi connectivity index (χ0n) is 25.6.